The van der Waals surface area contributed by atoms with E-state index in [0.29, 0.717) is 6.54 Å². The van der Waals surface area contributed by atoms with Crippen molar-refractivity contribution >= 4 is 5.91 Å². The summed E-state index contributed by atoms with van der Waals surface area (Å²) in [6.45, 7) is 5.23. The Hall–Kier alpha value is -0.830. The summed E-state index contributed by atoms with van der Waals surface area (Å²) < 4.78 is 0. The summed E-state index contributed by atoms with van der Waals surface area (Å²) in [6.07, 6.45) is 1.57. The maximum Gasteiger partial charge on any atom is 0.233 e. The van der Waals surface area contributed by atoms with Crippen LogP contribution in [0.25, 0.3) is 0 Å². The molecule has 46 valence electrons. The van der Waals surface area contributed by atoms with Crippen LogP contribution in [0.2, 0.25) is 0 Å². The Morgan fingerprint density at radius 2 is 2.50 bits per heavy atom. The Kier molecular flexibility index (Phi) is 2.88. The summed E-state index contributed by atoms with van der Waals surface area (Å²) in [7, 11) is 0. The molecule has 0 spiro atoms. The van der Waals surface area contributed by atoms with Crippen molar-refractivity contribution in [3.63, 3.8) is 0 Å². The molecule has 0 aliphatic heterocycles. The number of nitrogens with two attached hydrogens (primary N) is 1. The Bertz CT molecular complexity index is 101. The molecule has 0 bridgehead atoms. The lowest BCUT2D eigenvalue weighted by Gasteiger charge is -2.09. The molecule has 1 amide bonds. The second-order valence-electron chi connectivity index (χ2n) is 1.46. The zero-order valence-corrected chi connectivity index (χ0v) is 4.92. The zero-order valence-electron chi connectivity index (χ0n) is 4.92. The van der Waals surface area contributed by atoms with Crippen molar-refractivity contribution in [1.82, 2.24) is 5.01 Å². The summed E-state index contributed by atoms with van der Waals surface area (Å²) in [6, 6.07) is 0. The summed E-state index contributed by atoms with van der Waals surface area (Å²) in [5, 5.41) is 1.09. The van der Waals surface area contributed by atoms with E-state index in [-0.39, 0.29) is 5.91 Å². The Morgan fingerprint density at radius 1 is 2.00 bits per heavy atom. The van der Waals surface area contributed by atoms with Crippen molar-refractivity contribution in [2.24, 2.45) is 5.84 Å². The average molecular weight is 114 g/mol. The molecule has 0 aromatic rings. The van der Waals surface area contributed by atoms with Crippen LogP contribution in [0.15, 0.2) is 12.7 Å². The number of hydrogen-bond donors (Lipinski definition) is 1. The van der Waals surface area contributed by atoms with Crippen LogP contribution in [0.5, 0.6) is 0 Å². The second-order valence-corrected chi connectivity index (χ2v) is 1.46. The van der Waals surface area contributed by atoms with Crippen LogP contribution in [0, 0.1) is 0 Å². The standard InChI is InChI=1S/C5H10N2O/c1-3-4-7(6)5(2)8/h3H,1,4,6H2,2H3. The molecule has 0 aliphatic rings. The number of hydrogen-bond acceptors (Lipinski definition) is 2. The summed E-state index contributed by atoms with van der Waals surface area (Å²) in [5.74, 6) is 4.99. The fourth-order valence-electron chi connectivity index (χ4n) is 0.268. The van der Waals surface area contributed by atoms with Gasteiger partial charge in [-0.05, 0) is 0 Å². The molecule has 0 radical (unpaired) electrons. The largest absolute Gasteiger partial charge is 0.277 e. The SMILES string of the molecule is C=CCN(N)C(C)=O. The Labute approximate surface area is 48.7 Å². The monoisotopic (exact) mass is 114 g/mol. The predicted molar refractivity (Wildman–Crippen MR) is 31.8 cm³/mol. The maximum absolute atomic E-state index is 10.3. The van der Waals surface area contributed by atoms with Crippen LogP contribution in [0.1, 0.15) is 6.92 Å². The van der Waals surface area contributed by atoms with Crippen LogP contribution >= 0.6 is 0 Å². The highest BCUT2D eigenvalue weighted by Crippen LogP contribution is 1.76. The molecule has 3 nitrogen and oxygen atoms in total. The first-order valence-corrected chi connectivity index (χ1v) is 2.32. The third kappa shape index (κ3) is 2.36. The highest BCUT2D eigenvalue weighted by atomic mass is 16.2. The van der Waals surface area contributed by atoms with Crippen molar-refractivity contribution in [2.45, 2.75) is 6.92 Å². The third-order valence-electron chi connectivity index (χ3n) is 0.730. The molecule has 0 heterocycles. The normalized spacial score (nSPS) is 8.25. The van der Waals surface area contributed by atoms with Gasteiger partial charge in [-0.1, -0.05) is 6.08 Å². The number of hydrazine groups is 1. The first-order valence-electron chi connectivity index (χ1n) is 2.32. The molecule has 2 N–H and O–H groups in total. The summed E-state index contributed by atoms with van der Waals surface area (Å²) >= 11 is 0. The smallest absolute Gasteiger partial charge is 0.233 e. The van der Waals surface area contributed by atoms with Gasteiger partial charge in [-0.25, -0.2) is 5.84 Å². The van der Waals surface area contributed by atoms with Gasteiger partial charge in [0.05, 0.1) is 6.54 Å². The first kappa shape index (κ1) is 7.17. The number of carbonyl (C=O) groups is 1. The molecular weight excluding hydrogens is 104 g/mol. The van der Waals surface area contributed by atoms with Gasteiger partial charge in [-0.2, -0.15) is 0 Å². The fraction of sp³-hybridized carbons (Fsp3) is 0.400. The van der Waals surface area contributed by atoms with E-state index in [4.69, 9.17) is 5.84 Å². The Morgan fingerprint density at radius 3 is 2.62 bits per heavy atom. The van der Waals surface area contributed by atoms with Crippen molar-refractivity contribution in [3.05, 3.63) is 12.7 Å². The van der Waals surface area contributed by atoms with E-state index in [2.05, 4.69) is 6.58 Å². The van der Waals surface area contributed by atoms with Gasteiger partial charge in [0.25, 0.3) is 0 Å². The molecule has 8 heavy (non-hydrogen) atoms. The molecule has 0 unspecified atom stereocenters. The van der Waals surface area contributed by atoms with Crippen molar-refractivity contribution in [2.75, 3.05) is 6.54 Å². The molecule has 3 heteroatoms. The minimum Gasteiger partial charge on any atom is -0.277 e. The zero-order chi connectivity index (χ0) is 6.57. The highest BCUT2D eigenvalue weighted by Gasteiger charge is 1.95. The molecule has 0 aromatic carbocycles. The van der Waals surface area contributed by atoms with Gasteiger partial charge in [0.15, 0.2) is 0 Å². The lowest BCUT2D eigenvalue weighted by Crippen LogP contribution is -2.35. The van der Waals surface area contributed by atoms with E-state index in [1.807, 2.05) is 0 Å². The fourth-order valence-corrected chi connectivity index (χ4v) is 0.268. The van der Waals surface area contributed by atoms with Crippen LogP contribution in [-0.2, 0) is 4.79 Å². The van der Waals surface area contributed by atoms with E-state index in [1.165, 1.54) is 6.92 Å². The first-order chi connectivity index (χ1) is 3.68. The van der Waals surface area contributed by atoms with E-state index >= 15 is 0 Å². The maximum atomic E-state index is 10.3. The molecular formula is C5H10N2O. The van der Waals surface area contributed by atoms with Gasteiger partial charge in [0, 0.05) is 6.92 Å². The van der Waals surface area contributed by atoms with E-state index in [1.54, 1.807) is 6.08 Å². The minimum absolute atomic E-state index is 0.148. The van der Waals surface area contributed by atoms with Crippen LogP contribution < -0.4 is 5.84 Å². The number of carbonyl (C=O) groups excluding carboxylic acids is 1. The highest BCUT2D eigenvalue weighted by molar-refractivity contribution is 5.72. The summed E-state index contributed by atoms with van der Waals surface area (Å²) in [4.78, 5) is 10.3. The average Bonchev–Trinajstić information content (AvgIpc) is 1.67. The van der Waals surface area contributed by atoms with Crippen molar-refractivity contribution in [3.8, 4) is 0 Å². The van der Waals surface area contributed by atoms with E-state index < -0.39 is 0 Å². The molecule has 0 aliphatic carbocycles. The lowest BCUT2D eigenvalue weighted by molar-refractivity contribution is -0.128. The van der Waals surface area contributed by atoms with Gasteiger partial charge in [-0.3, -0.25) is 9.80 Å². The second kappa shape index (κ2) is 3.21. The molecule has 0 saturated carbocycles. The minimum atomic E-state index is -0.148. The molecule has 0 atom stereocenters. The van der Waals surface area contributed by atoms with Gasteiger partial charge in [0.2, 0.25) is 5.91 Å². The predicted octanol–water partition coefficient (Wildman–Crippen LogP) is -0.105. The number of nitrogens with zero attached hydrogens (tertiary/aromatic N) is 1. The summed E-state index contributed by atoms with van der Waals surface area (Å²) in [5.41, 5.74) is 0. The van der Waals surface area contributed by atoms with Gasteiger partial charge < -0.3 is 0 Å². The number of rotatable bonds is 2. The lowest BCUT2D eigenvalue weighted by atomic mass is 10.5. The Balaban J connectivity index is 3.46. The van der Waals surface area contributed by atoms with Gasteiger partial charge in [-0.15, -0.1) is 6.58 Å². The molecule has 0 aromatic heterocycles. The van der Waals surface area contributed by atoms with Crippen LogP contribution in [0.4, 0.5) is 0 Å². The van der Waals surface area contributed by atoms with Crippen LogP contribution in [0.3, 0.4) is 0 Å². The van der Waals surface area contributed by atoms with Gasteiger partial charge in [0.1, 0.15) is 0 Å². The quantitative estimate of drug-likeness (QED) is 0.236. The van der Waals surface area contributed by atoms with Crippen LogP contribution in [-0.4, -0.2) is 17.5 Å². The molecule has 0 fully saturated rings. The van der Waals surface area contributed by atoms with Crippen molar-refractivity contribution < 1.29 is 4.79 Å². The van der Waals surface area contributed by atoms with Gasteiger partial charge >= 0.3 is 0 Å². The molecule has 0 rings (SSSR count). The molecule has 0 saturated heterocycles. The van der Waals surface area contributed by atoms with E-state index in [9.17, 15) is 4.79 Å². The van der Waals surface area contributed by atoms with Crippen molar-refractivity contribution in [1.29, 1.82) is 0 Å². The topological polar surface area (TPSA) is 46.3 Å². The van der Waals surface area contributed by atoms with E-state index in [0.717, 1.165) is 5.01 Å². The number of amides is 1. The third-order valence-corrected chi connectivity index (χ3v) is 0.730.